The summed E-state index contributed by atoms with van der Waals surface area (Å²) in [5.41, 5.74) is 0.219. The minimum Gasteiger partial charge on any atom is -0.484 e. The van der Waals surface area contributed by atoms with Crippen molar-refractivity contribution in [3.8, 4) is 5.75 Å². The number of ether oxygens (including phenoxy) is 2. The summed E-state index contributed by atoms with van der Waals surface area (Å²) in [7, 11) is -4.66. The number of carbonyl (C=O) groups is 1. The van der Waals surface area contributed by atoms with Crippen molar-refractivity contribution in [3.63, 3.8) is 0 Å². The minimum atomic E-state index is -3.27. The number of benzene rings is 1. The standard InChI is InChI=1S/C22H29FN2O6S2/c1-22(2,3)31-21(26)25-9-7-16(8-10-25)20-24-17(13-32(20)27)12-30-19-6-5-15(11-18(19)23)14-33(4,28)29/h5-6,11,13,16H,7-10,12,14H2,1-4H3. The summed E-state index contributed by atoms with van der Waals surface area (Å²) in [5.74, 6) is -0.984. The Bertz CT molecular complexity index is 1100. The molecule has 0 aromatic heterocycles. The molecule has 33 heavy (non-hydrogen) atoms. The average molecular weight is 501 g/mol. The molecule has 2 heterocycles. The second-order valence-corrected chi connectivity index (χ2v) is 12.6. The molecule has 0 aliphatic carbocycles. The van der Waals surface area contributed by atoms with E-state index in [9.17, 15) is 21.8 Å². The highest BCUT2D eigenvalue weighted by atomic mass is 32.2. The second kappa shape index (κ2) is 9.92. The van der Waals surface area contributed by atoms with Crippen molar-refractivity contribution < 1.29 is 31.3 Å². The van der Waals surface area contributed by atoms with Gasteiger partial charge in [-0.15, -0.1) is 0 Å². The smallest absolute Gasteiger partial charge is 0.410 e. The maximum atomic E-state index is 14.3. The van der Waals surface area contributed by atoms with Crippen LogP contribution in [0.2, 0.25) is 0 Å². The molecule has 0 N–H and O–H groups in total. The monoisotopic (exact) mass is 500 g/mol. The van der Waals surface area contributed by atoms with Gasteiger partial charge < -0.3 is 14.4 Å². The van der Waals surface area contributed by atoms with Crippen LogP contribution in [0.15, 0.2) is 34.3 Å². The molecule has 0 saturated carbocycles. The zero-order valence-corrected chi connectivity index (χ0v) is 20.8. The zero-order valence-electron chi connectivity index (χ0n) is 19.2. The summed E-state index contributed by atoms with van der Waals surface area (Å²) in [4.78, 5) is 18.3. The maximum Gasteiger partial charge on any atom is 0.410 e. The fourth-order valence-corrected chi connectivity index (χ4v) is 5.60. The zero-order chi connectivity index (χ0) is 24.4. The molecule has 0 radical (unpaired) electrons. The van der Waals surface area contributed by atoms with Crippen LogP contribution in [0.25, 0.3) is 0 Å². The van der Waals surface area contributed by atoms with Crippen LogP contribution in [-0.4, -0.2) is 60.2 Å². The van der Waals surface area contributed by atoms with E-state index in [2.05, 4.69) is 4.99 Å². The van der Waals surface area contributed by atoms with Gasteiger partial charge in [-0.25, -0.2) is 26.8 Å². The van der Waals surface area contributed by atoms with Crippen LogP contribution in [0.5, 0.6) is 5.75 Å². The summed E-state index contributed by atoms with van der Waals surface area (Å²) in [6.07, 6.45) is 1.98. The van der Waals surface area contributed by atoms with Crippen molar-refractivity contribution in [3.05, 3.63) is 40.7 Å². The Hall–Kier alpha value is -2.27. The quantitative estimate of drug-likeness (QED) is 0.593. The van der Waals surface area contributed by atoms with E-state index >= 15 is 0 Å². The molecule has 1 atom stereocenters. The lowest BCUT2D eigenvalue weighted by molar-refractivity contribution is 0.0202. The first-order valence-corrected chi connectivity index (χ1v) is 13.8. The van der Waals surface area contributed by atoms with Crippen LogP contribution in [0.3, 0.4) is 0 Å². The van der Waals surface area contributed by atoms with E-state index in [1.165, 1.54) is 17.5 Å². The molecule has 2 aliphatic rings. The molecule has 1 fully saturated rings. The lowest BCUT2D eigenvalue weighted by atomic mass is 9.98. The number of halogens is 1. The molecule has 2 aliphatic heterocycles. The fourth-order valence-electron chi connectivity index (χ4n) is 3.56. The number of likely N-dealkylation sites (tertiary alicyclic amines) is 1. The third-order valence-corrected chi connectivity index (χ3v) is 7.18. The lowest BCUT2D eigenvalue weighted by Crippen LogP contribution is -2.43. The molecule has 1 aromatic rings. The SMILES string of the molecule is CC(C)(C)OC(=O)N1CCC(C2=NC(COc3ccc(CS(C)(=O)=O)cc3F)=CS2=O)CC1. The molecular weight excluding hydrogens is 471 g/mol. The van der Waals surface area contributed by atoms with E-state index < -0.39 is 32.1 Å². The topological polar surface area (TPSA) is 102 Å². The van der Waals surface area contributed by atoms with Gasteiger partial charge in [0.15, 0.2) is 21.4 Å². The Kier molecular flexibility index (Phi) is 7.62. The molecule has 8 nitrogen and oxygen atoms in total. The van der Waals surface area contributed by atoms with Gasteiger partial charge in [-0.3, -0.25) is 0 Å². The molecule has 1 aromatic carbocycles. The molecular formula is C22H29FN2O6S2. The van der Waals surface area contributed by atoms with E-state index in [0.717, 1.165) is 12.3 Å². The Morgan fingerprint density at radius 3 is 2.52 bits per heavy atom. The number of nitrogens with zero attached hydrogens (tertiary/aromatic N) is 2. The van der Waals surface area contributed by atoms with Gasteiger partial charge in [0, 0.05) is 30.7 Å². The van der Waals surface area contributed by atoms with Gasteiger partial charge in [-0.05, 0) is 51.3 Å². The van der Waals surface area contributed by atoms with Gasteiger partial charge in [-0.2, -0.15) is 0 Å². The van der Waals surface area contributed by atoms with E-state index in [0.29, 0.717) is 42.2 Å². The Morgan fingerprint density at radius 2 is 1.94 bits per heavy atom. The number of aliphatic imine (C=N–C) groups is 1. The summed E-state index contributed by atoms with van der Waals surface area (Å²) in [6, 6.07) is 4.00. The Labute approximate surface area is 196 Å². The van der Waals surface area contributed by atoms with Crippen LogP contribution in [0.4, 0.5) is 9.18 Å². The third kappa shape index (κ3) is 7.36. The number of piperidine rings is 1. The predicted octanol–water partition coefficient (Wildman–Crippen LogP) is 3.40. The highest BCUT2D eigenvalue weighted by Gasteiger charge is 2.32. The van der Waals surface area contributed by atoms with Crippen LogP contribution in [0.1, 0.15) is 39.2 Å². The van der Waals surface area contributed by atoms with Crippen molar-refractivity contribution in [2.75, 3.05) is 26.0 Å². The maximum absolute atomic E-state index is 14.3. The van der Waals surface area contributed by atoms with Crippen molar-refractivity contribution in [2.45, 2.75) is 45.0 Å². The summed E-state index contributed by atoms with van der Waals surface area (Å²) >= 11 is 0. The number of hydrogen-bond donors (Lipinski definition) is 0. The number of amides is 1. The molecule has 0 spiro atoms. The van der Waals surface area contributed by atoms with Crippen LogP contribution >= 0.6 is 0 Å². The second-order valence-electron chi connectivity index (χ2n) is 9.22. The molecule has 1 amide bonds. The van der Waals surface area contributed by atoms with Gasteiger partial charge in [-0.1, -0.05) is 6.07 Å². The normalized spacial score (nSPS) is 19.8. The summed E-state index contributed by atoms with van der Waals surface area (Å²) in [5, 5.41) is 2.03. The van der Waals surface area contributed by atoms with Gasteiger partial charge >= 0.3 is 6.09 Å². The van der Waals surface area contributed by atoms with Crippen LogP contribution in [0, 0.1) is 11.7 Å². The van der Waals surface area contributed by atoms with Gasteiger partial charge in [0.25, 0.3) is 0 Å². The Morgan fingerprint density at radius 1 is 1.27 bits per heavy atom. The van der Waals surface area contributed by atoms with E-state index in [1.54, 1.807) is 4.90 Å². The molecule has 1 saturated heterocycles. The van der Waals surface area contributed by atoms with Crippen LogP contribution in [-0.2, 0) is 31.1 Å². The number of carbonyl (C=O) groups excluding carboxylic acids is 1. The van der Waals surface area contributed by atoms with Crippen molar-refractivity contribution in [2.24, 2.45) is 10.9 Å². The van der Waals surface area contributed by atoms with Gasteiger partial charge in [0.05, 0.1) is 22.2 Å². The molecule has 1 unspecified atom stereocenters. The fraction of sp³-hybridized carbons (Fsp3) is 0.545. The number of sulfone groups is 1. The lowest BCUT2D eigenvalue weighted by Gasteiger charge is -2.33. The van der Waals surface area contributed by atoms with E-state index in [-0.39, 0.29) is 30.1 Å². The minimum absolute atomic E-state index is 0.0229. The average Bonchev–Trinajstić information content (AvgIpc) is 3.05. The predicted molar refractivity (Wildman–Crippen MR) is 125 cm³/mol. The van der Waals surface area contributed by atoms with Gasteiger partial charge in [0.1, 0.15) is 17.3 Å². The van der Waals surface area contributed by atoms with E-state index in [4.69, 9.17) is 9.47 Å². The first-order chi connectivity index (χ1) is 15.3. The summed E-state index contributed by atoms with van der Waals surface area (Å²) < 4.78 is 60.4. The molecule has 11 heteroatoms. The third-order valence-electron chi connectivity index (χ3n) is 5.00. The number of hydrogen-bond acceptors (Lipinski definition) is 7. The van der Waals surface area contributed by atoms with Crippen molar-refractivity contribution in [1.82, 2.24) is 4.90 Å². The Balaban J connectivity index is 1.55. The first-order valence-electron chi connectivity index (χ1n) is 10.6. The van der Waals surface area contributed by atoms with Crippen molar-refractivity contribution in [1.29, 1.82) is 0 Å². The first kappa shape index (κ1) is 25.4. The molecule has 0 bridgehead atoms. The number of rotatable bonds is 6. The molecule has 182 valence electrons. The largest absolute Gasteiger partial charge is 0.484 e. The van der Waals surface area contributed by atoms with E-state index in [1.807, 2.05) is 20.8 Å². The van der Waals surface area contributed by atoms with Crippen LogP contribution < -0.4 is 4.74 Å². The highest BCUT2D eigenvalue weighted by molar-refractivity contribution is 8.03. The molecule has 3 rings (SSSR count). The van der Waals surface area contributed by atoms with Crippen molar-refractivity contribution >= 4 is 31.8 Å². The van der Waals surface area contributed by atoms with Gasteiger partial charge in [0.2, 0.25) is 0 Å². The highest BCUT2D eigenvalue weighted by Crippen LogP contribution is 2.27. The summed E-state index contributed by atoms with van der Waals surface area (Å²) in [6.45, 7) is 6.38.